The molecule has 0 unspecified atom stereocenters. The molecule has 0 saturated carbocycles. The van der Waals surface area contributed by atoms with Crippen LogP contribution in [0.4, 0.5) is 0 Å². The highest BCUT2D eigenvalue weighted by Crippen LogP contribution is 2.33. The predicted octanol–water partition coefficient (Wildman–Crippen LogP) is 5.14. The van der Waals surface area contributed by atoms with Gasteiger partial charge in [0.15, 0.2) is 0 Å². The van der Waals surface area contributed by atoms with Gasteiger partial charge in [-0.2, -0.15) is 0 Å². The summed E-state index contributed by atoms with van der Waals surface area (Å²) in [6.45, 7) is 0.874. The second-order valence-electron chi connectivity index (χ2n) is 7.49. The Labute approximate surface area is 182 Å². The first-order valence-electron chi connectivity index (χ1n) is 10.2. The van der Waals surface area contributed by atoms with E-state index in [0.717, 1.165) is 33.0 Å². The van der Waals surface area contributed by atoms with Crippen LogP contribution in [0.1, 0.15) is 22.5 Å². The van der Waals surface area contributed by atoms with Crippen molar-refractivity contribution in [2.24, 2.45) is 0 Å². The molecule has 5 rings (SSSR count). The number of ether oxygens (including phenoxy) is 1. The molecule has 1 aliphatic rings. The fourth-order valence-corrected chi connectivity index (χ4v) is 5.38. The molecule has 0 aliphatic carbocycles. The first-order chi connectivity index (χ1) is 15.1. The van der Waals surface area contributed by atoms with Crippen LogP contribution < -0.4 is 4.74 Å². The first-order valence-corrected chi connectivity index (χ1v) is 11.4. The molecule has 156 valence electrons. The molecule has 5 nitrogen and oxygen atoms in total. The summed E-state index contributed by atoms with van der Waals surface area (Å²) in [6, 6.07) is 19.6. The van der Waals surface area contributed by atoms with E-state index in [4.69, 9.17) is 4.74 Å². The third-order valence-electron chi connectivity index (χ3n) is 5.66. The van der Waals surface area contributed by atoms with E-state index in [-0.39, 0.29) is 5.69 Å². The maximum atomic E-state index is 12.6. The Morgan fingerprint density at radius 2 is 1.81 bits per heavy atom. The van der Waals surface area contributed by atoms with Crippen molar-refractivity contribution in [2.75, 3.05) is 6.61 Å². The van der Waals surface area contributed by atoms with Gasteiger partial charge in [0.2, 0.25) is 0 Å². The Hall–Kier alpha value is -3.38. The van der Waals surface area contributed by atoms with Crippen LogP contribution in [-0.2, 0) is 23.8 Å². The summed E-state index contributed by atoms with van der Waals surface area (Å²) in [5, 5.41) is 14.6. The standard InChI is InChI=1S/C25H21NO4S/c27-25(28)24-20(19-10-4-13-22-23(19)26(24)14-6-16-31(22)29)11-5-15-30-21-12-3-8-17-7-1-2-9-18(17)21/h1-4,6-10,12-13,16H,5,11,14-15H2,(H,27,28)/t31-/m1/s1. The largest absolute Gasteiger partial charge is 0.493 e. The van der Waals surface area contributed by atoms with E-state index < -0.39 is 16.8 Å². The number of carbonyl (C=O) groups is 1. The van der Waals surface area contributed by atoms with E-state index in [1.165, 1.54) is 0 Å². The van der Waals surface area contributed by atoms with Gasteiger partial charge in [0.25, 0.3) is 0 Å². The highest BCUT2D eigenvalue weighted by molar-refractivity contribution is 7.88. The molecule has 2 heterocycles. The van der Waals surface area contributed by atoms with Crippen molar-refractivity contribution < 1.29 is 18.8 Å². The zero-order valence-electron chi connectivity index (χ0n) is 16.8. The van der Waals surface area contributed by atoms with Crippen molar-refractivity contribution in [3.63, 3.8) is 0 Å². The van der Waals surface area contributed by atoms with Crippen molar-refractivity contribution in [2.45, 2.75) is 24.3 Å². The van der Waals surface area contributed by atoms with Crippen LogP contribution in [0, 0.1) is 0 Å². The SMILES string of the molecule is O=C(O)c1c(CCCOc2cccc3ccccc23)c2cccc3c2n1CC=C[S@]3=O. The smallest absolute Gasteiger partial charge is 0.352 e. The highest BCUT2D eigenvalue weighted by atomic mass is 32.2. The highest BCUT2D eigenvalue weighted by Gasteiger charge is 2.25. The van der Waals surface area contributed by atoms with Gasteiger partial charge in [-0.1, -0.05) is 54.6 Å². The lowest BCUT2D eigenvalue weighted by atomic mass is 10.1. The van der Waals surface area contributed by atoms with Crippen LogP contribution in [0.25, 0.3) is 21.7 Å². The summed E-state index contributed by atoms with van der Waals surface area (Å²) in [5.41, 5.74) is 1.81. The number of carboxylic acid groups (broad SMARTS) is 1. The molecule has 3 aromatic carbocycles. The molecular formula is C25H21NO4S. The number of rotatable bonds is 6. The molecule has 0 spiro atoms. The fraction of sp³-hybridized carbons (Fsp3) is 0.160. The average Bonchev–Trinajstić information content (AvgIpc) is 3.00. The molecule has 1 aliphatic heterocycles. The van der Waals surface area contributed by atoms with Gasteiger partial charge in [-0.25, -0.2) is 9.00 Å². The molecule has 1 N–H and O–H groups in total. The van der Waals surface area contributed by atoms with E-state index in [2.05, 4.69) is 12.1 Å². The maximum Gasteiger partial charge on any atom is 0.352 e. The molecule has 0 radical (unpaired) electrons. The van der Waals surface area contributed by atoms with Crippen LogP contribution in [-0.4, -0.2) is 26.5 Å². The number of benzene rings is 3. The zero-order valence-corrected chi connectivity index (χ0v) is 17.6. The predicted molar refractivity (Wildman–Crippen MR) is 122 cm³/mol. The Bertz CT molecular complexity index is 1360. The number of nitrogens with zero attached hydrogens (tertiary/aromatic N) is 1. The molecule has 4 aromatic rings. The summed E-state index contributed by atoms with van der Waals surface area (Å²) in [5.74, 6) is -0.135. The summed E-state index contributed by atoms with van der Waals surface area (Å²) in [4.78, 5) is 12.8. The quantitative estimate of drug-likeness (QED) is 0.429. The average molecular weight is 432 g/mol. The van der Waals surface area contributed by atoms with Gasteiger partial charge < -0.3 is 14.4 Å². The maximum absolute atomic E-state index is 12.6. The van der Waals surface area contributed by atoms with Crippen molar-refractivity contribution in [1.29, 1.82) is 0 Å². The van der Waals surface area contributed by atoms with E-state index in [0.29, 0.717) is 30.9 Å². The molecule has 1 atom stereocenters. The normalized spacial score (nSPS) is 15.3. The summed E-state index contributed by atoms with van der Waals surface area (Å²) in [6.07, 6.45) is 3.01. The van der Waals surface area contributed by atoms with Crippen LogP contribution >= 0.6 is 0 Å². The minimum atomic E-state index is -1.28. The lowest BCUT2D eigenvalue weighted by Gasteiger charge is -2.10. The number of aryl methyl sites for hydroxylation is 1. The number of allylic oxidation sites excluding steroid dienone is 1. The van der Waals surface area contributed by atoms with Gasteiger partial charge in [-0.3, -0.25) is 0 Å². The Morgan fingerprint density at radius 1 is 1.03 bits per heavy atom. The third kappa shape index (κ3) is 3.43. The second kappa shape index (κ2) is 8.04. The van der Waals surface area contributed by atoms with Crippen LogP contribution in [0.2, 0.25) is 0 Å². The number of carboxylic acids is 1. The van der Waals surface area contributed by atoms with Crippen LogP contribution in [0.5, 0.6) is 5.75 Å². The Balaban J connectivity index is 1.43. The lowest BCUT2D eigenvalue weighted by molar-refractivity contribution is 0.0685. The topological polar surface area (TPSA) is 68.5 Å². The van der Waals surface area contributed by atoms with Gasteiger partial charge in [-0.05, 0) is 35.9 Å². The van der Waals surface area contributed by atoms with E-state index >= 15 is 0 Å². The van der Waals surface area contributed by atoms with E-state index in [9.17, 15) is 14.1 Å². The fourth-order valence-electron chi connectivity index (χ4n) is 4.35. The number of hydrogen-bond donors (Lipinski definition) is 1. The molecule has 31 heavy (non-hydrogen) atoms. The van der Waals surface area contributed by atoms with E-state index in [1.807, 2.05) is 48.5 Å². The minimum absolute atomic E-state index is 0.274. The molecule has 1 aromatic heterocycles. The van der Waals surface area contributed by atoms with Gasteiger partial charge in [-0.15, -0.1) is 0 Å². The number of hydrogen-bond acceptors (Lipinski definition) is 3. The molecule has 0 bridgehead atoms. The minimum Gasteiger partial charge on any atom is -0.493 e. The van der Waals surface area contributed by atoms with E-state index in [1.54, 1.807) is 16.1 Å². The van der Waals surface area contributed by atoms with Crippen molar-refractivity contribution >= 4 is 38.4 Å². The molecule has 6 heteroatoms. The van der Waals surface area contributed by atoms with Crippen LogP contribution in [0.3, 0.4) is 0 Å². The van der Waals surface area contributed by atoms with Crippen molar-refractivity contribution in [1.82, 2.24) is 4.57 Å². The Morgan fingerprint density at radius 3 is 2.68 bits per heavy atom. The molecule has 0 saturated heterocycles. The lowest BCUT2D eigenvalue weighted by Crippen LogP contribution is -2.10. The van der Waals surface area contributed by atoms with Gasteiger partial charge in [0.05, 0.1) is 27.8 Å². The summed E-state index contributed by atoms with van der Waals surface area (Å²) >= 11 is 0. The zero-order chi connectivity index (χ0) is 21.4. The second-order valence-corrected chi connectivity index (χ2v) is 8.80. The monoisotopic (exact) mass is 431 g/mol. The number of fused-ring (bicyclic) bond motifs is 1. The van der Waals surface area contributed by atoms with Crippen molar-refractivity contribution in [3.05, 3.63) is 83.4 Å². The number of para-hydroxylation sites is 1. The van der Waals surface area contributed by atoms with Gasteiger partial charge >= 0.3 is 5.97 Å². The van der Waals surface area contributed by atoms with Gasteiger partial charge in [0, 0.05) is 22.7 Å². The van der Waals surface area contributed by atoms with Crippen LogP contribution in [0.15, 0.2) is 77.0 Å². The summed E-state index contributed by atoms with van der Waals surface area (Å²) < 4.78 is 20.4. The molecule has 0 fully saturated rings. The number of aromatic carboxylic acids is 1. The molecule has 0 amide bonds. The Kier molecular flexibility index (Phi) is 5.08. The first kappa shape index (κ1) is 19.6. The summed E-state index contributed by atoms with van der Waals surface area (Å²) in [7, 11) is -1.28. The third-order valence-corrected chi connectivity index (χ3v) is 6.86. The molecular weight excluding hydrogens is 410 g/mol. The number of aromatic nitrogens is 1. The van der Waals surface area contributed by atoms with Gasteiger partial charge in [0.1, 0.15) is 11.4 Å². The van der Waals surface area contributed by atoms with Crippen molar-refractivity contribution in [3.8, 4) is 5.75 Å².